The van der Waals surface area contributed by atoms with E-state index >= 15 is 0 Å². The number of halogens is 1. The second-order valence-corrected chi connectivity index (χ2v) is 6.80. The molecule has 3 nitrogen and oxygen atoms in total. The number of fused-ring (bicyclic) bond motifs is 3. The Kier molecular flexibility index (Phi) is 5.02. The Hall–Kier alpha value is -0.970. The first-order valence-corrected chi connectivity index (χ1v) is 7.97. The molecule has 0 fully saturated rings. The Labute approximate surface area is 136 Å². The number of aryl methyl sites for hydroxylation is 1. The van der Waals surface area contributed by atoms with Gasteiger partial charge in [-0.05, 0) is 26.6 Å². The number of Topliss-reactive ketones (excluding diaryl/α,β-unsaturated/α-hetero) is 1. The molecule has 0 saturated heterocycles. The van der Waals surface area contributed by atoms with E-state index in [0.717, 1.165) is 40.2 Å². The number of ketones is 1. The number of aromatic nitrogens is 1. The molecule has 1 unspecified atom stereocenters. The van der Waals surface area contributed by atoms with Gasteiger partial charge in [0.2, 0.25) is 0 Å². The first kappa shape index (κ1) is 16.4. The third-order valence-corrected chi connectivity index (χ3v) is 5.15. The smallest absolute Gasteiger partial charge is 0.170 e. The van der Waals surface area contributed by atoms with E-state index in [4.69, 9.17) is 0 Å². The Morgan fingerprint density at radius 3 is 2.76 bits per heavy atom. The molecule has 21 heavy (non-hydrogen) atoms. The fraction of sp³-hybridized carbons (Fsp3) is 0.438. The maximum atomic E-state index is 12.9. The molecule has 1 aliphatic rings. The van der Waals surface area contributed by atoms with Crippen molar-refractivity contribution >= 4 is 40.9 Å². The van der Waals surface area contributed by atoms with Crippen LogP contribution in [0, 0.1) is 5.92 Å². The van der Waals surface area contributed by atoms with Crippen LogP contribution in [-0.2, 0) is 7.05 Å². The lowest BCUT2D eigenvalue weighted by molar-refractivity contribution is 0.0894. The summed E-state index contributed by atoms with van der Waals surface area (Å²) >= 11 is 1.82. The zero-order valence-corrected chi connectivity index (χ0v) is 14.3. The van der Waals surface area contributed by atoms with E-state index in [0.29, 0.717) is 5.78 Å². The quantitative estimate of drug-likeness (QED) is 0.846. The van der Waals surface area contributed by atoms with Crippen LogP contribution < -0.4 is 0 Å². The highest BCUT2D eigenvalue weighted by Crippen LogP contribution is 2.38. The van der Waals surface area contributed by atoms with Crippen LogP contribution in [0.25, 0.3) is 10.9 Å². The zero-order chi connectivity index (χ0) is 14.3. The molecule has 1 atom stereocenters. The van der Waals surface area contributed by atoms with Crippen molar-refractivity contribution in [3.05, 3.63) is 29.8 Å². The minimum atomic E-state index is 0. The summed E-state index contributed by atoms with van der Waals surface area (Å²) in [5, 5.41) is 2.24. The van der Waals surface area contributed by atoms with Gasteiger partial charge in [-0.3, -0.25) is 4.79 Å². The molecule has 1 aromatic heterocycles. The van der Waals surface area contributed by atoms with Crippen molar-refractivity contribution in [2.45, 2.75) is 11.4 Å². The van der Waals surface area contributed by atoms with Crippen molar-refractivity contribution in [2.75, 3.05) is 26.4 Å². The van der Waals surface area contributed by atoms with E-state index in [9.17, 15) is 4.79 Å². The average Bonchev–Trinajstić information content (AvgIpc) is 2.59. The van der Waals surface area contributed by atoms with Gasteiger partial charge >= 0.3 is 0 Å². The van der Waals surface area contributed by atoms with Crippen LogP contribution in [0.2, 0.25) is 0 Å². The highest BCUT2D eigenvalue weighted by molar-refractivity contribution is 7.99. The number of benzene rings is 1. The lowest BCUT2D eigenvalue weighted by Gasteiger charge is -2.17. The molecule has 0 aliphatic carbocycles. The maximum absolute atomic E-state index is 12.9. The summed E-state index contributed by atoms with van der Waals surface area (Å²) in [4.78, 5) is 15.1. The van der Waals surface area contributed by atoms with E-state index in [1.165, 1.54) is 0 Å². The molecular formula is C16H21ClN2OS. The van der Waals surface area contributed by atoms with Crippen LogP contribution in [0.15, 0.2) is 29.3 Å². The van der Waals surface area contributed by atoms with Gasteiger partial charge in [0, 0.05) is 36.2 Å². The SMILES string of the molecule is CN(C)CC1CCSc2c(c3ccccc3n2C)C1=O.Cl. The van der Waals surface area contributed by atoms with Gasteiger partial charge in [0.05, 0.1) is 10.6 Å². The molecule has 0 N–H and O–H groups in total. The average molecular weight is 325 g/mol. The van der Waals surface area contributed by atoms with Gasteiger partial charge in [0.1, 0.15) is 0 Å². The van der Waals surface area contributed by atoms with Crippen LogP contribution >= 0.6 is 24.2 Å². The summed E-state index contributed by atoms with van der Waals surface area (Å²) < 4.78 is 2.17. The fourth-order valence-electron chi connectivity index (χ4n) is 3.02. The van der Waals surface area contributed by atoms with Gasteiger partial charge in [-0.1, -0.05) is 18.2 Å². The number of thioether (sulfide) groups is 1. The summed E-state index contributed by atoms with van der Waals surface area (Å²) in [7, 11) is 6.14. The number of hydrogen-bond acceptors (Lipinski definition) is 3. The van der Waals surface area contributed by atoms with Crippen LogP contribution in [0.1, 0.15) is 16.8 Å². The molecule has 0 amide bonds. The third-order valence-electron chi connectivity index (χ3n) is 3.96. The Balaban J connectivity index is 0.00000161. The largest absolute Gasteiger partial charge is 0.338 e. The van der Waals surface area contributed by atoms with E-state index < -0.39 is 0 Å². The van der Waals surface area contributed by atoms with Gasteiger partial charge in [-0.15, -0.1) is 24.2 Å². The molecule has 0 bridgehead atoms. The van der Waals surface area contributed by atoms with E-state index in [1.54, 1.807) is 0 Å². The van der Waals surface area contributed by atoms with Gasteiger partial charge in [-0.25, -0.2) is 0 Å². The zero-order valence-electron chi connectivity index (χ0n) is 12.6. The van der Waals surface area contributed by atoms with Crippen LogP contribution in [0.3, 0.4) is 0 Å². The van der Waals surface area contributed by atoms with Crippen LogP contribution in [0.4, 0.5) is 0 Å². The van der Waals surface area contributed by atoms with Crippen molar-refractivity contribution in [3.8, 4) is 0 Å². The van der Waals surface area contributed by atoms with Crippen molar-refractivity contribution in [1.82, 2.24) is 9.47 Å². The van der Waals surface area contributed by atoms with E-state index in [1.807, 2.05) is 38.0 Å². The summed E-state index contributed by atoms with van der Waals surface area (Å²) in [6.07, 6.45) is 0.963. The molecule has 1 aromatic carbocycles. The minimum Gasteiger partial charge on any atom is -0.338 e. The van der Waals surface area contributed by atoms with Crippen LogP contribution in [-0.4, -0.2) is 41.6 Å². The van der Waals surface area contributed by atoms with Gasteiger partial charge in [0.15, 0.2) is 5.78 Å². The normalized spacial score (nSPS) is 18.5. The van der Waals surface area contributed by atoms with E-state index in [-0.39, 0.29) is 18.3 Å². The molecule has 0 saturated carbocycles. The van der Waals surface area contributed by atoms with Crippen LogP contribution in [0.5, 0.6) is 0 Å². The third kappa shape index (κ3) is 2.85. The topological polar surface area (TPSA) is 25.2 Å². The van der Waals surface area contributed by atoms with Crippen molar-refractivity contribution in [3.63, 3.8) is 0 Å². The van der Waals surface area contributed by atoms with Gasteiger partial charge in [0.25, 0.3) is 0 Å². The number of carbonyl (C=O) groups excluding carboxylic acids is 1. The molecule has 114 valence electrons. The Bertz CT molecular complexity index is 666. The highest BCUT2D eigenvalue weighted by atomic mass is 35.5. The summed E-state index contributed by atoms with van der Waals surface area (Å²) in [5.41, 5.74) is 2.10. The van der Waals surface area contributed by atoms with Crippen molar-refractivity contribution in [2.24, 2.45) is 13.0 Å². The molecular weight excluding hydrogens is 304 g/mol. The molecule has 2 heterocycles. The number of para-hydroxylation sites is 1. The summed E-state index contributed by atoms with van der Waals surface area (Å²) in [6.45, 7) is 0.835. The van der Waals surface area contributed by atoms with Gasteiger partial charge in [-0.2, -0.15) is 0 Å². The molecule has 3 rings (SSSR count). The molecule has 2 aromatic rings. The molecule has 0 radical (unpaired) electrons. The summed E-state index contributed by atoms with van der Waals surface area (Å²) in [5.74, 6) is 1.45. The molecule has 1 aliphatic heterocycles. The monoisotopic (exact) mass is 324 g/mol. The number of nitrogens with zero attached hydrogens (tertiary/aromatic N) is 2. The fourth-order valence-corrected chi connectivity index (χ4v) is 4.27. The minimum absolute atomic E-state index is 0. The lowest BCUT2D eigenvalue weighted by Crippen LogP contribution is -2.27. The lowest BCUT2D eigenvalue weighted by atomic mass is 9.94. The number of carbonyl (C=O) groups is 1. The van der Waals surface area contributed by atoms with E-state index in [2.05, 4.69) is 28.6 Å². The first-order valence-electron chi connectivity index (χ1n) is 6.98. The Morgan fingerprint density at radius 1 is 1.33 bits per heavy atom. The van der Waals surface area contributed by atoms with Crippen molar-refractivity contribution in [1.29, 1.82) is 0 Å². The standard InChI is InChI=1S/C16H20N2OS.ClH/c1-17(2)10-11-8-9-20-16-14(15(11)19)12-6-4-5-7-13(12)18(16)3;/h4-7,11H,8-10H2,1-3H3;1H. The number of rotatable bonds is 2. The molecule has 0 spiro atoms. The predicted molar refractivity (Wildman–Crippen MR) is 91.9 cm³/mol. The maximum Gasteiger partial charge on any atom is 0.170 e. The summed E-state index contributed by atoms with van der Waals surface area (Å²) in [6, 6.07) is 8.23. The highest BCUT2D eigenvalue weighted by Gasteiger charge is 2.30. The number of hydrogen-bond donors (Lipinski definition) is 0. The van der Waals surface area contributed by atoms with Gasteiger partial charge < -0.3 is 9.47 Å². The Morgan fingerprint density at radius 2 is 2.05 bits per heavy atom. The predicted octanol–water partition coefficient (Wildman–Crippen LogP) is 3.46. The second kappa shape index (κ2) is 6.42. The molecule has 5 heteroatoms. The van der Waals surface area contributed by atoms with Crippen molar-refractivity contribution < 1.29 is 4.79 Å². The second-order valence-electron chi connectivity index (χ2n) is 5.72. The first-order chi connectivity index (χ1) is 9.59.